The first-order chi connectivity index (χ1) is 15.4. The summed E-state index contributed by atoms with van der Waals surface area (Å²) in [6, 6.07) is 14.2. The van der Waals surface area contributed by atoms with Gasteiger partial charge in [-0.05, 0) is 60.3 Å². The van der Waals surface area contributed by atoms with Crippen LogP contribution in [-0.2, 0) is 16.0 Å². The molecule has 1 aromatic heterocycles. The third kappa shape index (κ3) is 4.81. The first-order valence-corrected chi connectivity index (χ1v) is 11.2. The monoisotopic (exact) mass is 471 g/mol. The van der Waals surface area contributed by atoms with E-state index < -0.39 is 29.7 Å². The molecule has 4 rings (SSSR count). The lowest BCUT2D eigenvalue weighted by Gasteiger charge is -2.21. The molecular weight excluding hydrogens is 453 g/mol. The van der Waals surface area contributed by atoms with Crippen molar-refractivity contribution in [2.75, 3.05) is 16.8 Å². The Balaban J connectivity index is 1.55. The molecule has 1 aliphatic heterocycles. The second-order valence-corrected chi connectivity index (χ2v) is 8.70. The number of hydrogen-bond donors (Lipinski definition) is 1. The van der Waals surface area contributed by atoms with Crippen molar-refractivity contribution < 1.29 is 18.8 Å². The van der Waals surface area contributed by atoms with Gasteiger partial charge in [-0.15, -0.1) is 11.3 Å². The number of imide groups is 1. The van der Waals surface area contributed by atoms with Crippen LogP contribution in [0.1, 0.15) is 11.3 Å². The summed E-state index contributed by atoms with van der Waals surface area (Å²) in [6.07, 6.45) is 0.347. The molecule has 0 spiro atoms. The van der Waals surface area contributed by atoms with Crippen molar-refractivity contribution >= 4 is 52.2 Å². The summed E-state index contributed by atoms with van der Waals surface area (Å²) in [5, 5.41) is 4.99. The molecule has 0 aliphatic carbocycles. The van der Waals surface area contributed by atoms with Gasteiger partial charge < -0.3 is 10.2 Å². The van der Waals surface area contributed by atoms with Gasteiger partial charge >= 0.3 is 6.03 Å². The fourth-order valence-electron chi connectivity index (χ4n) is 3.55. The zero-order chi connectivity index (χ0) is 22.7. The zero-order valence-corrected chi connectivity index (χ0v) is 18.4. The van der Waals surface area contributed by atoms with Gasteiger partial charge in [0.15, 0.2) is 0 Å². The number of rotatable bonds is 7. The van der Waals surface area contributed by atoms with Crippen molar-refractivity contribution in [3.8, 4) is 0 Å². The molecular formula is C23H19ClFN3O3S. The summed E-state index contributed by atoms with van der Waals surface area (Å²) < 4.78 is 13.1. The lowest BCUT2D eigenvalue weighted by atomic mass is 10.1. The van der Waals surface area contributed by atoms with E-state index in [0.717, 1.165) is 9.78 Å². The van der Waals surface area contributed by atoms with Gasteiger partial charge in [-0.3, -0.25) is 9.59 Å². The molecule has 1 N–H and O–H groups in total. The van der Waals surface area contributed by atoms with Crippen molar-refractivity contribution in [3.05, 3.63) is 81.8 Å². The van der Waals surface area contributed by atoms with E-state index in [0.29, 0.717) is 22.8 Å². The van der Waals surface area contributed by atoms with E-state index in [2.05, 4.69) is 5.32 Å². The predicted molar refractivity (Wildman–Crippen MR) is 122 cm³/mol. The van der Waals surface area contributed by atoms with Gasteiger partial charge in [0.25, 0.3) is 5.91 Å². The fourth-order valence-corrected chi connectivity index (χ4v) is 4.43. The maximum absolute atomic E-state index is 13.2. The lowest BCUT2D eigenvalue weighted by molar-refractivity contribution is -0.124. The van der Waals surface area contributed by atoms with Crippen LogP contribution in [0.3, 0.4) is 0 Å². The highest BCUT2D eigenvalue weighted by Crippen LogP contribution is 2.29. The first-order valence-electron chi connectivity index (χ1n) is 9.90. The minimum absolute atomic E-state index is 0.219. The molecule has 0 radical (unpaired) electrons. The van der Waals surface area contributed by atoms with Gasteiger partial charge in [-0.1, -0.05) is 23.7 Å². The van der Waals surface area contributed by atoms with E-state index >= 15 is 0 Å². The van der Waals surface area contributed by atoms with Crippen LogP contribution in [0.5, 0.6) is 0 Å². The van der Waals surface area contributed by atoms with E-state index in [1.54, 1.807) is 29.5 Å². The quantitative estimate of drug-likeness (QED) is 0.496. The highest BCUT2D eigenvalue weighted by Gasteiger charge is 2.46. The number of nitrogens with one attached hydrogen (secondary N) is 1. The number of amides is 4. The van der Waals surface area contributed by atoms with Crippen LogP contribution in [0.4, 0.5) is 20.6 Å². The summed E-state index contributed by atoms with van der Waals surface area (Å²) >= 11 is 7.62. The summed E-state index contributed by atoms with van der Waals surface area (Å²) in [5.74, 6) is -1.36. The molecule has 164 valence electrons. The minimum atomic E-state index is -0.957. The van der Waals surface area contributed by atoms with Gasteiger partial charge in [-0.2, -0.15) is 0 Å². The maximum Gasteiger partial charge on any atom is 0.332 e. The maximum atomic E-state index is 13.2. The van der Waals surface area contributed by atoms with Gasteiger partial charge in [0.05, 0.1) is 12.1 Å². The van der Waals surface area contributed by atoms with Gasteiger partial charge in [0.2, 0.25) is 5.91 Å². The van der Waals surface area contributed by atoms with Crippen LogP contribution in [0.2, 0.25) is 5.02 Å². The second-order valence-electron chi connectivity index (χ2n) is 7.23. The van der Waals surface area contributed by atoms with E-state index in [1.165, 1.54) is 35.2 Å². The normalized spacial score (nSPS) is 16.0. The Morgan fingerprint density at radius 3 is 2.56 bits per heavy atom. The summed E-state index contributed by atoms with van der Waals surface area (Å²) in [4.78, 5) is 42.6. The molecule has 3 aromatic rings. The van der Waals surface area contributed by atoms with E-state index in [9.17, 15) is 18.8 Å². The Kier molecular flexibility index (Phi) is 6.53. The fraction of sp³-hybridized carbons (Fsp3) is 0.174. The number of anilines is 2. The van der Waals surface area contributed by atoms with Crippen LogP contribution >= 0.6 is 22.9 Å². The SMILES string of the molecule is O=C(CC1C(=O)N(c2cccc(Cl)c2)C(=O)N1CCc1cccs1)Nc1ccc(F)cc1. The molecule has 2 heterocycles. The van der Waals surface area contributed by atoms with Crippen molar-refractivity contribution in [2.45, 2.75) is 18.9 Å². The molecule has 1 saturated heterocycles. The van der Waals surface area contributed by atoms with Crippen LogP contribution in [0.15, 0.2) is 66.0 Å². The number of thiophene rings is 1. The first kappa shape index (κ1) is 22.0. The molecule has 2 aromatic carbocycles. The molecule has 4 amide bonds. The molecule has 1 aliphatic rings. The summed E-state index contributed by atoms with van der Waals surface area (Å²) in [5.41, 5.74) is 0.764. The van der Waals surface area contributed by atoms with Gasteiger partial charge in [0.1, 0.15) is 11.9 Å². The van der Waals surface area contributed by atoms with Crippen LogP contribution < -0.4 is 10.2 Å². The standard InChI is InChI=1S/C23H19ClFN3O3S/c24-15-3-1-4-18(13-15)28-22(30)20(14-21(29)26-17-8-6-16(25)7-9-17)27(23(28)31)11-10-19-5-2-12-32-19/h1-9,12-13,20H,10-11,14H2,(H,26,29). The third-order valence-electron chi connectivity index (χ3n) is 5.07. The second kappa shape index (κ2) is 9.50. The smallest absolute Gasteiger partial charge is 0.326 e. The molecule has 0 bridgehead atoms. The molecule has 32 heavy (non-hydrogen) atoms. The number of halogens is 2. The molecule has 6 nitrogen and oxygen atoms in total. The van der Waals surface area contributed by atoms with Crippen molar-refractivity contribution in [3.63, 3.8) is 0 Å². The van der Waals surface area contributed by atoms with Crippen LogP contribution in [0, 0.1) is 5.82 Å². The Bertz CT molecular complexity index is 1140. The zero-order valence-electron chi connectivity index (χ0n) is 16.8. The Morgan fingerprint density at radius 1 is 1.09 bits per heavy atom. The minimum Gasteiger partial charge on any atom is -0.326 e. The number of carbonyl (C=O) groups is 3. The number of hydrogen-bond acceptors (Lipinski definition) is 4. The van der Waals surface area contributed by atoms with Crippen LogP contribution in [-0.4, -0.2) is 35.3 Å². The van der Waals surface area contributed by atoms with Gasteiger partial charge in [-0.25, -0.2) is 14.1 Å². The summed E-state index contributed by atoms with van der Waals surface area (Å²) in [7, 11) is 0. The summed E-state index contributed by atoms with van der Waals surface area (Å²) in [6.45, 7) is 0.288. The highest BCUT2D eigenvalue weighted by atomic mass is 35.5. The van der Waals surface area contributed by atoms with Crippen LogP contribution in [0.25, 0.3) is 0 Å². The van der Waals surface area contributed by atoms with Crippen molar-refractivity contribution in [1.82, 2.24) is 4.90 Å². The molecule has 0 saturated carbocycles. The lowest BCUT2D eigenvalue weighted by Crippen LogP contribution is -2.39. The molecule has 9 heteroatoms. The van der Waals surface area contributed by atoms with Crippen molar-refractivity contribution in [2.24, 2.45) is 0 Å². The average Bonchev–Trinajstić information content (AvgIpc) is 3.35. The molecule has 1 fully saturated rings. The Hall–Kier alpha value is -3.23. The topological polar surface area (TPSA) is 69.7 Å². The average molecular weight is 472 g/mol. The highest BCUT2D eigenvalue weighted by molar-refractivity contribution is 7.09. The number of benzene rings is 2. The van der Waals surface area contributed by atoms with E-state index in [1.807, 2.05) is 17.5 Å². The largest absolute Gasteiger partial charge is 0.332 e. The number of carbonyl (C=O) groups excluding carboxylic acids is 3. The predicted octanol–water partition coefficient (Wildman–Crippen LogP) is 4.95. The number of nitrogens with zero attached hydrogens (tertiary/aromatic N) is 2. The number of urea groups is 1. The Labute approximate surface area is 193 Å². The Morgan fingerprint density at radius 2 is 1.88 bits per heavy atom. The van der Waals surface area contributed by atoms with Gasteiger partial charge in [0, 0.05) is 22.1 Å². The molecule has 1 unspecified atom stereocenters. The van der Waals surface area contributed by atoms with Crippen molar-refractivity contribution in [1.29, 1.82) is 0 Å². The van der Waals surface area contributed by atoms with E-state index in [4.69, 9.17) is 11.6 Å². The third-order valence-corrected chi connectivity index (χ3v) is 6.24. The van der Waals surface area contributed by atoms with E-state index in [-0.39, 0.29) is 13.0 Å². The molecule has 1 atom stereocenters.